The van der Waals surface area contributed by atoms with E-state index in [-0.39, 0.29) is 9.52 Å². The second-order valence-electron chi connectivity index (χ2n) is 3.27. The molecule has 0 aliphatic rings. The smallest absolute Gasteiger partial charge is 0.184 e. The molecule has 0 aromatic carbocycles. The Kier molecular flexibility index (Phi) is 3.69. The van der Waals surface area contributed by atoms with E-state index in [4.69, 9.17) is 4.43 Å². The summed E-state index contributed by atoms with van der Waals surface area (Å²) in [6.07, 6.45) is 0. The molecule has 0 aliphatic heterocycles. The zero-order valence-electron chi connectivity index (χ0n) is 7.12. The topological polar surface area (TPSA) is 9.23 Å². The van der Waals surface area contributed by atoms with Crippen molar-refractivity contribution in [3.8, 4) is 0 Å². The van der Waals surface area contributed by atoms with E-state index in [9.17, 15) is 0 Å². The molecule has 0 saturated heterocycles. The fourth-order valence-electron chi connectivity index (χ4n) is 0.595. The molecule has 55 valence electrons. The standard InChI is InChI=1S/C6H17OSi2/c1-6(8-2)7-9(3,4)5/h8H2,1-5H3. The van der Waals surface area contributed by atoms with E-state index in [1.807, 2.05) is 0 Å². The van der Waals surface area contributed by atoms with E-state index in [1.54, 1.807) is 0 Å². The first-order valence-corrected chi connectivity index (χ1v) is 9.00. The molecule has 0 spiro atoms. The molecule has 0 aromatic heterocycles. The van der Waals surface area contributed by atoms with Crippen molar-refractivity contribution >= 4 is 17.8 Å². The molecular weight excluding hydrogens is 144 g/mol. The van der Waals surface area contributed by atoms with Crippen molar-refractivity contribution in [2.75, 3.05) is 0 Å². The molecule has 0 fully saturated rings. The summed E-state index contributed by atoms with van der Waals surface area (Å²) in [4.78, 5) is 0. The predicted octanol–water partition coefficient (Wildman–Crippen LogP) is 1.56. The van der Waals surface area contributed by atoms with Crippen molar-refractivity contribution in [3.05, 3.63) is 5.73 Å². The third-order valence-electron chi connectivity index (χ3n) is 0.978. The minimum Gasteiger partial charge on any atom is -0.413 e. The summed E-state index contributed by atoms with van der Waals surface area (Å²) < 4.78 is 5.70. The lowest BCUT2D eigenvalue weighted by atomic mass is 10.9. The Labute approximate surface area is 61.8 Å². The van der Waals surface area contributed by atoms with Gasteiger partial charge in [-0.25, -0.2) is 0 Å². The molecule has 0 aliphatic carbocycles. The maximum absolute atomic E-state index is 5.70. The highest BCUT2D eigenvalue weighted by atomic mass is 28.4. The lowest BCUT2D eigenvalue weighted by Crippen LogP contribution is -2.28. The van der Waals surface area contributed by atoms with Crippen molar-refractivity contribution in [1.29, 1.82) is 0 Å². The summed E-state index contributed by atoms with van der Waals surface area (Å²) in [6, 6.07) is 0. The van der Waals surface area contributed by atoms with Gasteiger partial charge in [-0.15, -0.1) is 0 Å². The molecule has 0 aromatic rings. The molecule has 0 atom stereocenters. The van der Waals surface area contributed by atoms with E-state index in [1.165, 1.54) is 5.73 Å². The lowest BCUT2D eigenvalue weighted by Gasteiger charge is -2.21. The van der Waals surface area contributed by atoms with Crippen molar-refractivity contribution in [2.24, 2.45) is 0 Å². The van der Waals surface area contributed by atoms with Crippen LogP contribution in [-0.4, -0.2) is 17.8 Å². The van der Waals surface area contributed by atoms with Crippen LogP contribution < -0.4 is 0 Å². The summed E-state index contributed by atoms with van der Waals surface area (Å²) in [5.74, 6) is 0. The van der Waals surface area contributed by atoms with Crippen LogP contribution in [0, 0.1) is 5.73 Å². The van der Waals surface area contributed by atoms with Gasteiger partial charge in [0.1, 0.15) is 0 Å². The van der Waals surface area contributed by atoms with Gasteiger partial charge in [0.15, 0.2) is 8.32 Å². The average molecular weight is 161 g/mol. The van der Waals surface area contributed by atoms with Crippen LogP contribution in [0.3, 0.4) is 0 Å². The Morgan fingerprint density at radius 3 is 1.89 bits per heavy atom. The fraction of sp³-hybridized carbons (Fsp3) is 0.833. The second-order valence-corrected chi connectivity index (χ2v) is 9.40. The van der Waals surface area contributed by atoms with Gasteiger partial charge in [-0.05, 0) is 26.6 Å². The van der Waals surface area contributed by atoms with Gasteiger partial charge < -0.3 is 4.43 Å². The Balaban J connectivity index is 3.47. The number of rotatable bonds is 3. The van der Waals surface area contributed by atoms with Crippen LogP contribution in [0.2, 0.25) is 26.2 Å². The predicted molar refractivity (Wildman–Crippen MR) is 47.8 cm³/mol. The first kappa shape index (κ1) is 9.39. The van der Waals surface area contributed by atoms with Gasteiger partial charge in [-0.2, -0.15) is 0 Å². The zero-order valence-corrected chi connectivity index (χ0v) is 9.53. The van der Waals surface area contributed by atoms with Gasteiger partial charge in [0.05, 0.1) is 15.2 Å². The van der Waals surface area contributed by atoms with Crippen molar-refractivity contribution < 1.29 is 4.43 Å². The summed E-state index contributed by atoms with van der Waals surface area (Å²) in [7, 11) is -1.26. The van der Waals surface area contributed by atoms with Gasteiger partial charge in [0, 0.05) is 0 Å². The Morgan fingerprint density at radius 1 is 1.33 bits per heavy atom. The molecule has 0 amide bonds. The average Bonchev–Trinajstić information content (AvgIpc) is 1.62. The fourth-order valence-corrected chi connectivity index (χ4v) is 3.52. The largest absolute Gasteiger partial charge is 0.413 e. The van der Waals surface area contributed by atoms with Gasteiger partial charge in [0.2, 0.25) is 0 Å². The second kappa shape index (κ2) is 3.53. The Morgan fingerprint density at radius 2 is 1.78 bits per heavy atom. The van der Waals surface area contributed by atoms with Crippen LogP contribution in [0.4, 0.5) is 0 Å². The first-order valence-electron chi connectivity index (χ1n) is 3.47. The Hall–Kier alpha value is 0.394. The minimum atomic E-state index is -1.24. The normalized spacial score (nSPS) is 14.0. The number of hydrogen-bond donors (Lipinski definition) is 0. The van der Waals surface area contributed by atoms with E-state index in [2.05, 4.69) is 33.1 Å². The van der Waals surface area contributed by atoms with Gasteiger partial charge in [-0.3, -0.25) is 0 Å². The summed E-state index contributed by atoms with van der Waals surface area (Å²) in [6.45, 7) is 11.0. The van der Waals surface area contributed by atoms with Crippen molar-refractivity contribution in [1.82, 2.24) is 0 Å². The molecule has 0 unspecified atom stereocenters. The van der Waals surface area contributed by atoms with Gasteiger partial charge >= 0.3 is 0 Å². The van der Waals surface area contributed by atoms with Crippen LogP contribution in [0.15, 0.2) is 0 Å². The highest BCUT2D eigenvalue weighted by Crippen LogP contribution is 2.10. The number of hydrogen-bond acceptors (Lipinski definition) is 1. The molecular formula is C6H17OSi2. The molecule has 0 rings (SSSR count). The molecule has 1 radical (unpaired) electrons. The maximum Gasteiger partial charge on any atom is 0.184 e. The summed E-state index contributed by atoms with van der Waals surface area (Å²) >= 11 is 0. The highest BCUT2D eigenvalue weighted by molar-refractivity contribution is 6.70. The maximum atomic E-state index is 5.70. The third kappa shape index (κ3) is 6.28. The molecule has 0 bridgehead atoms. The van der Waals surface area contributed by atoms with Crippen LogP contribution in [0.5, 0.6) is 0 Å². The molecule has 1 nitrogen and oxygen atoms in total. The molecule has 0 N–H and O–H groups in total. The quantitative estimate of drug-likeness (QED) is 0.571. The molecule has 0 saturated carbocycles. The van der Waals surface area contributed by atoms with Gasteiger partial charge in [0.25, 0.3) is 0 Å². The van der Waals surface area contributed by atoms with Crippen LogP contribution in [-0.2, 0) is 4.43 Å². The zero-order chi connectivity index (χ0) is 7.49. The highest BCUT2D eigenvalue weighted by Gasteiger charge is 2.17. The van der Waals surface area contributed by atoms with E-state index < -0.39 is 8.32 Å². The lowest BCUT2D eigenvalue weighted by molar-refractivity contribution is 0.383. The minimum absolute atomic E-state index is 0.0123. The molecule has 9 heavy (non-hydrogen) atoms. The van der Waals surface area contributed by atoms with E-state index in [0.29, 0.717) is 0 Å². The van der Waals surface area contributed by atoms with Crippen LogP contribution >= 0.6 is 0 Å². The van der Waals surface area contributed by atoms with E-state index >= 15 is 0 Å². The first-order chi connectivity index (χ1) is 3.95. The Bertz CT molecular complexity index is 77.6. The van der Waals surface area contributed by atoms with E-state index in [0.717, 1.165) is 0 Å². The summed E-state index contributed by atoms with van der Waals surface area (Å²) in [5.41, 5.74) is 1.31. The van der Waals surface area contributed by atoms with Crippen LogP contribution in [0.1, 0.15) is 6.92 Å². The molecule has 0 heterocycles. The van der Waals surface area contributed by atoms with Crippen molar-refractivity contribution in [3.63, 3.8) is 0 Å². The van der Waals surface area contributed by atoms with Crippen LogP contribution in [0.25, 0.3) is 0 Å². The summed E-state index contributed by atoms with van der Waals surface area (Å²) in [5, 5.41) is 0. The monoisotopic (exact) mass is 161 g/mol. The SMILES string of the molecule is C[SiH2][C](C)O[Si](C)(C)C. The van der Waals surface area contributed by atoms with Crippen molar-refractivity contribution in [2.45, 2.75) is 33.1 Å². The molecule has 3 heteroatoms. The third-order valence-corrected chi connectivity index (χ3v) is 3.37. The van der Waals surface area contributed by atoms with Gasteiger partial charge in [-0.1, -0.05) is 6.55 Å².